The molecule has 0 aromatic rings. The van der Waals surface area contributed by atoms with Gasteiger partial charge in [-0.05, 0) is 39.2 Å². The van der Waals surface area contributed by atoms with E-state index >= 15 is 0 Å². The minimum atomic E-state index is -0.849. The molecule has 4 nitrogen and oxygen atoms in total. The largest absolute Gasteiger partial charge is 0.480 e. The summed E-state index contributed by atoms with van der Waals surface area (Å²) in [6.45, 7) is 4.81. The number of rotatable bonds is 7. The van der Waals surface area contributed by atoms with Crippen LogP contribution in [0.25, 0.3) is 0 Å². The van der Waals surface area contributed by atoms with Crippen molar-refractivity contribution in [1.29, 1.82) is 0 Å². The fourth-order valence-corrected chi connectivity index (χ4v) is 1.63. The fourth-order valence-electron chi connectivity index (χ4n) is 1.63. The van der Waals surface area contributed by atoms with Crippen LogP contribution in [0, 0.1) is 0 Å². The smallest absolute Gasteiger partial charge is 0.323 e. The van der Waals surface area contributed by atoms with Crippen molar-refractivity contribution in [2.75, 3.05) is 13.2 Å². The predicted molar refractivity (Wildman–Crippen MR) is 57.9 cm³/mol. The van der Waals surface area contributed by atoms with Crippen LogP contribution in [0.4, 0.5) is 0 Å². The number of carbonyl (C=O) groups is 1. The van der Waals surface area contributed by atoms with Crippen LogP contribution < -0.4 is 5.32 Å². The van der Waals surface area contributed by atoms with Crippen LogP contribution in [0.3, 0.4) is 0 Å². The first-order valence-electron chi connectivity index (χ1n) is 5.68. The van der Waals surface area contributed by atoms with Crippen molar-refractivity contribution in [3.8, 4) is 0 Å². The molecule has 88 valence electrons. The lowest BCUT2D eigenvalue weighted by Crippen LogP contribution is -2.50. The highest BCUT2D eigenvalue weighted by molar-refractivity contribution is 5.78. The van der Waals surface area contributed by atoms with Gasteiger partial charge in [0, 0.05) is 6.61 Å². The SMILES string of the molecule is CCNC(C)(CCOC1CCC1)C(=O)O. The molecule has 0 radical (unpaired) electrons. The zero-order valence-corrected chi connectivity index (χ0v) is 9.58. The zero-order chi connectivity index (χ0) is 11.3. The molecule has 0 bridgehead atoms. The van der Waals surface area contributed by atoms with Gasteiger partial charge in [0.15, 0.2) is 0 Å². The summed E-state index contributed by atoms with van der Waals surface area (Å²) >= 11 is 0. The van der Waals surface area contributed by atoms with E-state index in [2.05, 4.69) is 5.32 Å². The molecule has 0 aliphatic heterocycles. The third-order valence-electron chi connectivity index (χ3n) is 3.05. The molecule has 1 saturated carbocycles. The van der Waals surface area contributed by atoms with E-state index in [0.29, 0.717) is 25.7 Å². The molecule has 0 amide bonds. The summed E-state index contributed by atoms with van der Waals surface area (Å²) in [5, 5.41) is 12.1. The Morgan fingerprint density at radius 1 is 1.60 bits per heavy atom. The van der Waals surface area contributed by atoms with Crippen molar-refractivity contribution in [3.63, 3.8) is 0 Å². The van der Waals surface area contributed by atoms with Crippen LogP contribution >= 0.6 is 0 Å². The van der Waals surface area contributed by atoms with Gasteiger partial charge in [0.2, 0.25) is 0 Å². The molecule has 1 unspecified atom stereocenters. The van der Waals surface area contributed by atoms with Gasteiger partial charge in [-0.3, -0.25) is 4.79 Å². The number of hydrogen-bond donors (Lipinski definition) is 2. The van der Waals surface area contributed by atoms with Gasteiger partial charge in [-0.1, -0.05) is 6.92 Å². The average molecular weight is 215 g/mol. The van der Waals surface area contributed by atoms with E-state index < -0.39 is 11.5 Å². The predicted octanol–water partition coefficient (Wildman–Crippen LogP) is 1.40. The van der Waals surface area contributed by atoms with E-state index in [9.17, 15) is 4.79 Å². The molecule has 4 heteroatoms. The first-order chi connectivity index (χ1) is 7.08. The van der Waals surface area contributed by atoms with Crippen LogP contribution in [0.2, 0.25) is 0 Å². The van der Waals surface area contributed by atoms with E-state index in [1.807, 2.05) is 6.92 Å². The maximum atomic E-state index is 11.1. The van der Waals surface area contributed by atoms with Gasteiger partial charge in [-0.15, -0.1) is 0 Å². The number of likely N-dealkylation sites (N-methyl/N-ethyl adjacent to an activating group) is 1. The van der Waals surface area contributed by atoms with Crippen LogP contribution in [0.15, 0.2) is 0 Å². The molecule has 1 aliphatic carbocycles. The lowest BCUT2D eigenvalue weighted by Gasteiger charge is -2.29. The van der Waals surface area contributed by atoms with E-state index in [0.717, 1.165) is 12.8 Å². The summed E-state index contributed by atoms with van der Waals surface area (Å²) < 4.78 is 5.57. The molecule has 0 aromatic carbocycles. The van der Waals surface area contributed by atoms with Crippen molar-refractivity contribution in [2.24, 2.45) is 0 Å². The molecule has 2 N–H and O–H groups in total. The normalized spacial score (nSPS) is 20.7. The summed E-state index contributed by atoms with van der Waals surface area (Å²) in [4.78, 5) is 11.1. The van der Waals surface area contributed by atoms with Crippen molar-refractivity contribution in [2.45, 2.75) is 51.2 Å². The summed E-state index contributed by atoms with van der Waals surface area (Å²) in [6.07, 6.45) is 4.40. The number of nitrogens with one attached hydrogen (secondary N) is 1. The second-order valence-electron chi connectivity index (χ2n) is 4.34. The van der Waals surface area contributed by atoms with Crippen LogP contribution in [-0.2, 0) is 9.53 Å². The van der Waals surface area contributed by atoms with Gasteiger partial charge in [-0.2, -0.15) is 0 Å². The van der Waals surface area contributed by atoms with Crippen LogP contribution in [-0.4, -0.2) is 35.9 Å². The minimum absolute atomic E-state index is 0.379. The minimum Gasteiger partial charge on any atom is -0.480 e. The van der Waals surface area contributed by atoms with E-state index in [1.165, 1.54) is 6.42 Å². The van der Waals surface area contributed by atoms with Gasteiger partial charge in [0.25, 0.3) is 0 Å². The second-order valence-corrected chi connectivity index (χ2v) is 4.34. The molecule has 1 aliphatic rings. The monoisotopic (exact) mass is 215 g/mol. The van der Waals surface area contributed by atoms with E-state index in [4.69, 9.17) is 9.84 Å². The topological polar surface area (TPSA) is 58.6 Å². The van der Waals surface area contributed by atoms with Gasteiger partial charge in [0.1, 0.15) is 5.54 Å². The summed E-state index contributed by atoms with van der Waals surface area (Å²) in [7, 11) is 0. The second kappa shape index (κ2) is 5.47. The standard InChI is InChI=1S/C11H21NO3/c1-3-12-11(2,10(13)14)7-8-15-9-5-4-6-9/h9,12H,3-8H2,1-2H3,(H,13,14). The Balaban J connectivity index is 2.26. The van der Waals surface area contributed by atoms with E-state index in [1.54, 1.807) is 6.92 Å². The summed E-state index contributed by atoms with van der Waals surface area (Å²) in [5.41, 5.74) is -0.849. The van der Waals surface area contributed by atoms with Gasteiger partial charge >= 0.3 is 5.97 Å². The summed E-state index contributed by atoms with van der Waals surface area (Å²) in [6, 6.07) is 0. The van der Waals surface area contributed by atoms with Crippen LogP contribution in [0.1, 0.15) is 39.5 Å². The number of carboxylic acids is 1. The van der Waals surface area contributed by atoms with Crippen molar-refractivity contribution >= 4 is 5.97 Å². The number of ether oxygens (including phenoxy) is 1. The first kappa shape index (κ1) is 12.5. The fraction of sp³-hybridized carbons (Fsp3) is 0.909. The molecule has 0 aromatic heterocycles. The maximum absolute atomic E-state index is 11.1. The molecular weight excluding hydrogens is 194 g/mol. The molecule has 0 saturated heterocycles. The van der Waals surface area contributed by atoms with Crippen LogP contribution in [0.5, 0.6) is 0 Å². The third kappa shape index (κ3) is 3.47. The maximum Gasteiger partial charge on any atom is 0.323 e. The van der Waals surface area contributed by atoms with Crippen molar-refractivity contribution in [1.82, 2.24) is 5.32 Å². The molecule has 0 spiro atoms. The first-order valence-corrected chi connectivity index (χ1v) is 5.68. The highest BCUT2D eigenvalue weighted by Crippen LogP contribution is 2.22. The Bertz CT molecular complexity index is 216. The highest BCUT2D eigenvalue weighted by Gasteiger charge is 2.32. The van der Waals surface area contributed by atoms with Gasteiger partial charge < -0.3 is 15.2 Å². The lowest BCUT2D eigenvalue weighted by atomic mass is 9.95. The molecule has 1 atom stereocenters. The van der Waals surface area contributed by atoms with Crippen molar-refractivity contribution in [3.05, 3.63) is 0 Å². The molecule has 15 heavy (non-hydrogen) atoms. The Morgan fingerprint density at radius 3 is 2.67 bits per heavy atom. The third-order valence-corrected chi connectivity index (χ3v) is 3.05. The number of aliphatic carboxylic acids is 1. The van der Waals surface area contributed by atoms with Gasteiger partial charge in [-0.25, -0.2) is 0 Å². The Morgan fingerprint density at radius 2 is 2.27 bits per heavy atom. The Kier molecular flexibility index (Phi) is 4.54. The highest BCUT2D eigenvalue weighted by atomic mass is 16.5. The lowest BCUT2D eigenvalue weighted by molar-refractivity contribution is -0.145. The van der Waals surface area contributed by atoms with E-state index in [-0.39, 0.29) is 0 Å². The molecule has 1 rings (SSSR count). The zero-order valence-electron chi connectivity index (χ0n) is 9.58. The quantitative estimate of drug-likeness (QED) is 0.674. The Hall–Kier alpha value is -0.610. The molecule has 0 heterocycles. The van der Waals surface area contributed by atoms with Crippen molar-refractivity contribution < 1.29 is 14.6 Å². The molecule has 1 fully saturated rings. The average Bonchev–Trinajstić information content (AvgIpc) is 2.09. The Labute approximate surface area is 91.0 Å². The number of hydrogen-bond acceptors (Lipinski definition) is 3. The van der Waals surface area contributed by atoms with Gasteiger partial charge in [0.05, 0.1) is 6.10 Å². The molecular formula is C11H21NO3. The number of carboxylic acid groups (broad SMARTS) is 1. The summed E-state index contributed by atoms with van der Waals surface area (Å²) in [5.74, 6) is -0.804.